The first-order valence-electron chi connectivity index (χ1n) is 15.6. The fourth-order valence-corrected chi connectivity index (χ4v) is 9.75. The number of fused-ring (bicyclic) bond motifs is 5. The van der Waals surface area contributed by atoms with Crippen LogP contribution in [0, 0.1) is 52.3 Å². The second-order valence-corrected chi connectivity index (χ2v) is 14.2. The number of hydrogen-bond donors (Lipinski definition) is 2. The largest absolute Gasteiger partial charge is 0.462 e. The highest BCUT2D eigenvalue weighted by Crippen LogP contribution is 2.67. The second kappa shape index (κ2) is 11.6. The SMILES string of the molecule is CCC(C)[C@H](CC(=O)[C@@H](N)CC(N)=O)C(=O)O[C@@H]1CC[C@@]2(C)[C@@H](CC[C@@H]3[C@@H]2CC[C@]2(C)[C@@H](C(C)=O)CC[C@@H]32)C1. The Balaban J connectivity index is 1.40. The van der Waals surface area contributed by atoms with Gasteiger partial charge < -0.3 is 16.2 Å². The summed E-state index contributed by atoms with van der Waals surface area (Å²) in [5.74, 6) is 1.40. The predicted molar refractivity (Wildman–Crippen MR) is 150 cm³/mol. The molecule has 0 aromatic heterocycles. The first kappa shape index (κ1) is 30.2. The van der Waals surface area contributed by atoms with Crippen LogP contribution in [0.3, 0.4) is 0 Å². The zero-order chi connectivity index (χ0) is 28.7. The molecule has 1 unspecified atom stereocenters. The van der Waals surface area contributed by atoms with Gasteiger partial charge in [0.05, 0.1) is 12.0 Å². The van der Waals surface area contributed by atoms with Crippen LogP contribution < -0.4 is 11.5 Å². The van der Waals surface area contributed by atoms with Crippen molar-refractivity contribution in [3.63, 3.8) is 0 Å². The third kappa shape index (κ3) is 5.71. The van der Waals surface area contributed by atoms with Gasteiger partial charge in [-0.05, 0) is 105 Å². The molecule has 0 spiro atoms. The van der Waals surface area contributed by atoms with Crippen LogP contribution in [0.2, 0.25) is 0 Å². The average molecular weight is 545 g/mol. The van der Waals surface area contributed by atoms with Crippen LogP contribution in [0.25, 0.3) is 0 Å². The molecule has 39 heavy (non-hydrogen) atoms. The fourth-order valence-electron chi connectivity index (χ4n) is 9.75. The number of rotatable bonds is 10. The Morgan fingerprint density at radius 2 is 1.59 bits per heavy atom. The third-order valence-electron chi connectivity index (χ3n) is 12.3. The molecule has 7 nitrogen and oxygen atoms in total. The van der Waals surface area contributed by atoms with Gasteiger partial charge in [0, 0.05) is 18.8 Å². The summed E-state index contributed by atoms with van der Waals surface area (Å²) in [4.78, 5) is 49.7. The molecule has 4 N–H and O–H groups in total. The number of carbonyl (C=O) groups excluding carboxylic acids is 4. The van der Waals surface area contributed by atoms with Crippen LogP contribution in [-0.2, 0) is 23.9 Å². The third-order valence-corrected chi connectivity index (χ3v) is 12.3. The van der Waals surface area contributed by atoms with E-state index in [1.165, 1.54) is 19.3 Å². The van der Waals surface area contributed by atoms with Crippen molar-refractivity contribution in [3.8, 4) is 0 Å². The molecule has 0 bridgehead atoms. The van der Waals surface area contributed by atoms with Crippen molar-refractivity contribution in [2.75, 3.05) is 0 Å². The van der Waals surface area contributed by atoms with Crippen molar-refractivity contribution >= 4 is 23.4 Å². The Labute approximate surface area is 234 Å². The van der Waals surface area contributed by atoms with Gasteiger partial charge in [0.25, 0.3) is 0 Å². The van der Waals surface area contributed by atoms with E-state index in [2.05, 4.69) is 13.8 Å². The summed E-state index contributed by atoms with van der Waals surface area (Å²) in [6, 6.07) is -0.977. The summed E-state index contributed by atoms with van der Waals surface area (Å²) in [5.41, 5.74) is 11.5. The Morgan fingerprint density at radius 3 is 2.23 bits per heavy atom. The second-order valence-electron chi connectivity index (χ2n) is 14.2. The Hall–Kier alpha value is -1.76. The normalized spacial score (nSPS) is 39.8. The predicted octanol–water partition coefficient (Wildman–Crippen LogP) is 4.97. The van der Waals surface area contributed by atoms with Gasteiger partial charge >= 0.3 is 5.97 Å². The maximum absolute atomic E-state index is 13.4. The van der Waals surface area contributed by atoms with Crippen LogP contribution >= 0.6 is 0 Å². The van der Waals surface area contributed by atoms with Crippen molar-refractivity contribution in [2.45, 2.75) is 124 Å². The van der Waals surface area contributed by atoms with Crippen molar-refractivity contribution in [1.82, 2.24) is 0 Å². The molecule has 11 atom stereocenters. The minimum absolute atomic E-state index is 0.0126. The number of amides is 1. The van der Waals surface area contributed by atoms with Gasteiger partial charge in [-0.2, -0.15) is 0 Å². The molecular weight excluding hydrogens is 492 g/mol. The number of ketones is 2. The molecule has 220 valence electrons. The molecule has 0 aromatic carbocycles. The van der Waals surface area contributed by atoms with E-state index in [9.17, 15) is 19.2 Å². The van der Waals surface area contributed by atoms with Gasteiger partial charge in [-0.3, -0.25) is 19.2 Å². The van der Waals surface area contributed by atoms with Gasteiger partial charge in [0.2, 0.25) is 5.91 Å². The molecule has 4 rings (SSSR count). The Morgan fingerprint density at radius 1 is 0.923 bits per heavy atom. The number of nitrogens with two attached hydrogens (primary N) is 2. The molecule has 4 aliphatic carbocycles. The molecule has 0 aromatic rings. The van der Waals surface area contributed by atoms with E-state index < -0.39 is 17.9 Å². The van der Waals surface area contributed by atoms with E-state index in [1.54, 1.807) is 6.92 Å². The van der Waals surface area contributed by atoms with Crippen LogP contribution in [0.5, 0.6) is 0 Å². The van der Waals surface area contributed by atoms with Gasteiger partial charge in [-0.1, -0.05) is 34.1 Å². The lowest BCUT2D eigenvalue weighted by molar-refractivity contribution is -0.169. The number of esters is 1. The topological polar surface area (TPSA) is 130 Å². The van der Waals surface area contributed by atoms with Crippen LogP contribution in [0.1, 0.15) is 112 Å². The lowest BCUT2D eigenvalue weighted by atomic mass is 9.44. The number of carbonyl (C=O) groups is 4. The Bertz CT molecular complexity index is 966. The van der Waals surface area contributed by atoms with E-state index in [0.717, 1.165) is 44.9 Å². The maximum Gasteiger partial charge on any atom is 0.309 e. The highest BCUT2D eigenvalue weighted by atomic mass is 16.5. The van der Waals surface area contributed by atoms with Crippen molar-refractivity contribution < 1.29 is 23.9 Å². The number of hydrogen-bond acceptors (Lipinski definition) is 6. The molecule has 4 saturated carbocycles. The number of primary amides is 1. The molecule has 0 aliphatic heterocycles. The number of ether oxygens (including phenoxy) is 1. The molecule has 0 heterocycles. The van der Waals surface area contributed by atoms with Crippen LogP contribution in [-0.4, -0.2) is 35.6 Å². The van der Waals surface area contributed by atoms with E-state index in [1.807, 2.05) is 13.8 Å². The quantitative estimate of drug-likeness (QED) is 0.374. The molecule has 1 amide bonds. The van der Waals surface area contributed by atoms with Crippen molar-refractivity contribution in [2.24, 2.45) is 63.7 Å². The molecule has 0 radical (unpaired) electrons. The van der Waals surface area contributed by atoms with Crippen LogP contribution in [0.15, 0.2) is 0 Å². The van der Waals surface area contributed by atoms with E-state index in [0.29, 0.717) is 29.5 Å². The average Bonchev–Trinajstić information content (AvgIpc) is 3.24. The Kier molecular flexibility index (Phi) is 9.00. The first-order chi connectivity index (χ1) is 18.3. The van der Waals surface area contributed by atoms with Gasteiger partial charge in [-0.15, -0.1) is 0 Å². The fraction of sp³-hybridized carbons (Fsp3) is 0.875. The summed E-state index contributed by atoms with van der Waals surface area (Å²) in [5, 5.41) is 0. The summed E-state index contributed by atoms with van der Waals surface area (Å²) in [6.45, 7) is 10.7. The van der Waals surface area contributed by atoms with Gasteiger partial charge in [0.15, 0.2) is 5.78 Å². The molecule has 4 aliphatic rings. The van der Waals surface area contributed by atoms with Crippen molar-refractivity contribution in [3.05, 3.63) is 0 Å². The summed E-state index contributed by atoms with van der Waals surface area (Å²) in [7, 11) is 0. The highest BCUT2D eigenvalue weighted by Gasteiger charge is 2.61. The lowest BCUT2D eigenvalue weighted by Gasteiger charge is -2.61. The zero-order valence-electron chi connectivity index (χ0n) is 24.9. The zero-order valence-corrected chi connectivity index (χ0v) is 24.9. The number of Topliss-reactive ketones (excluding diaryl/α,β-unsaturated/α-hetero) is 2. The van der Waals surface area contributed by atoms with E-state index in [4.69, 9.17) is 16.2 Å². The molecule has 4 fully saturated rings. The monoisotopic (exact) mass is 544 g/mol. The maximum atomic E-state index is 13.4. The minimum atomic E-state index is -0.977. The summed E-state index contributed by atoms with van der Waals surface area (Å²) >= 11 is 0. The standard InChI is InChI=1S/C32H52N2O5/c1-6-18(2)23(16-28(36)27(33)17-29(34)37)30(38)39-21-11-13-31(4)20(15-21)7-8-22-25-10-9-24(19(3)35)32(25,5)14-12-26(22)31/h18,20-27H,6-17,33H2,1-5H3,(H2,34,37)/t18?,20-,21+,22-,23-,24+,25-,26-,27-,31-,32+/m0/s1. The minimum Gasteiger partial charge on any atom is -0.462 e. The van der Waals surface area contributed by atoms with Gasteiger partial charge in [-0.25, -0.2) is 0 Å². The lowest BCUT2D eigenvalue weighted by Crippen LogP contribution is -2.54. The molecular formula is C32H52N2O5. The van der Waals surface area contributed by atoms with Crippen molar-refractivity contribution in [1.29, 1.82) is 0 Å². The highest BCUT2D eigenvalue weighted by molar-refractivity contribution is 5.91. The first-order valence-corrected chi connectivity index (χ1v) is 15.6. The molecule has 7 heteroatoms. The van der Waals surface area contributed by atoms with E-state index >= 15 is 0 Å². The smallest absolute Gasteiger partial charge is 0.309 e. The van der Waals surface area contributed by atoms with E-state index in [-0.39, 0.29) is 53.4 Å². The molecule has 0 saturated heterocycles. The van der Waals surface area contributed by atoms with Crippen LogP contribution in [0.4, 0.5) is 0 Å². The summed E-state index contributed by atoms with van der Waals surface area (Å²) < 4.78 is 6.13. The van der Waals surface area contributed by atoms with Gasteiger partial charge in [0.1, 0.15) is 11.9 Å². The summed E-state index contributed by atoms with van der Waals surface area (Å²) in [6.07, 6.45) is 10.2.